The largest absolute Gasteiger partial charge is 0.400 e. The summed E-state index contributed by atoms with van der Waals surface area (Å²) < 4.78 is 2.93. The van der Waals surface area contributed by atoms with Gasteiger partial charge in [0.1, 0.15) is 8.24 Å². The summed E-state index contributed by atoms with van der Waals surface area (Å²) in [7, 11) is -1.33. The standard InChI is InChI=1S/C13H29B2NSi/c1-8-13-12(5)17(6,7)16(15(13)11-4)14(9-2)10-3/h8-11H2,1-7H3. The first-order valence-corrected chi connectivity index (χ1v) is 10.4. The molecule has 0 N–H and O–H groups in total. The summed E-state index contributed by atoms with van der Waals surface area (Å²) in [5.41, 5.74) is 1.76. The molecule has 0 bridgehead atoms. The molecule has 1 aliphatic rings. The van der Waals surface area contributed by atoms with Gasteiger partial charge in [-0.3, -0.25) is 0 Å². The maximum Gasteiger partial charge on any atom is 0.234 e. The van der Waals surface area contributed by atoms with E-state index in [4.69, 9.17) is 0 Å². The Kier molecular flexibility index (Phi) is 5.15. The number of hydrogen-bond acceptors (Lipinski definition) is 1. The normalized spacial score (nSPS) is 20.3. The highest BCUT2D eigenvalue weighted by molar-refractivity contribution is 7.03. The smallest absolute Gasteiger partial charge is 0.234 e. The first-order valence-electron chi connectivity index (χ1n) is 7.44. The van der Waals surface area contributed by atoms with Gasteiger partial charge >= 0.3 is 0 Å². The molecule has 0 saturated carbocycles. The van der Waals surface area contributed by atoms with Crippen molar-refractivity contribution < 1.29 is 0 Å². The van der Waals surface area contributed by atoms with Crippen molar-refractivity contribution in [1.29, 1.82) is 0 Å². The van der Waals surface area contributed by atoms with E-state index in [0.29, 0.717) is 0 Å². The zero-order chi connectivity index (χ0) is 13.2. The Morgan fingerprint density at radius 2 is 1.65 bits per heavy atom. The Bertz CT molecular complexity index is 298. The third kappa shape index (κ3) is 2.44. The molecule has 1 aliphatic heterocycles. The summed E-state index contributed by atoms with van der Waals surface area (Å²) in [4.78, 5) is 0. The predicted molar refractivity (Wildman–Crippen MR) is 85.3 cm³/mol. The van der Waals surface area contributed by atoms with Crippen molar-refractivity contribution in [3.63, 3.8) is 0 Å². The molecule has 0 radical (unpaired) electrons. The molecule has 1 nitrogen and oxygen atoms in total. The Labute approximate surface area is 110 Å². The highest BCUT2D eigenvalue weighted by atomic mass is 28.3. The zero-order valence-corrected chi connectivity index (χ0v) is 13.9. The van der Waals surface area contributed by atoms with Gasteiger partial charge in [0.25, 0.3) is 0 Å². The van der Waals surface area contributed by atoms with Gasteiger partial charge in [0.05, 0.1) is 0 Å². The lowest BCUT2D eigenvalue weighted by atomic mass is 9.43. The van der Waals surface area contributed by atoms with E-state index in [-0.39, 0.29) is 0 Å². The van der Waals surface area contributed by atoms with Crippen LogP contribution in [0, 0.1) is 0 Å². The van der Waals surface area contributed by atoms with Crippen molar-refractivity contribution in [3.05, 3.63) is 10.7 Å². The maximum absolute atomic E-state index is 2.93. The number of rotatable bonds is 5. The van der Waals surface area contributed by atoms with E-state index >= 15 is 0 Å². The highest BCUT2D eigenvalue weighted by Gasteiger charge is 2.48. The second-order valence-electron chi connectivity index (χ2n) is 5.86. The van der Waals surface area contributed by atoms with E-state index in [1.807, 2.05) is 0 Å². The van der Waals surface area contributed by atoms with Crippen LogP contribution in [0.4, 0.5) is 0 Å². The van der Waals surface area contributed by atoms with Crippen molar-refractivity contribution in [2.24, 2.45) is 0 Å². The number of allylic oxidation sites excluding steroid dienone is 2. The van der Waals surface area contributed by atoms with E-state index in [1.165, 1.54) is 25.4 Å². The van der Waals surface area contributed by atoms with Crippen LogP contribution in [0.25, 0.3) is 0 Å². The Balaban J connectivity index is 3.14. The maximum atomic E-state index is 2.93. The molecule has 4 heteroatoms. The Morgan fingerprint density at radius 3 is 2.00 bits per heavy atom. The van der Waals surface area contributed by atoms with Gasteiger partial charge in [0.15, 0.2) is 0 Å². The van der Waals surface area contributed by atoms with E-state index in [1.54, 1.807) is 10.7 Å². The molecule has 17 heavy (non-hydrogen) atoms. The molecule has 0 saturated heterocycles. The number of nitrogens with zero attached hydrogens (tertiary/aromatic N) is 1. The van der Waals surface area contributed by atoms with Gasteiger partial charge in [-0.1, -0.05) is 70.4 Å². The molecule has 0 amide bonds. The van der Waals surface area contributed by atoms with E-state index in [2.05, 4.69) is 52.1 Å². The van der Waals surface area contributed by atoms with Gasteiger partial charge in [-0.25, -0.2) is 0 Å². The highest BCUT2D eigenvalue weighted by Crippen LogP contribution is 2.38. The summed E-state index contributed by atoms with van der Waals surface area (Å²) in [5, 5.41) is 1.76. The second-order valence-corrected chi connectivity index (χ2v) is 10.2. The molecule has 1 rings (SSSR count). The summed E-state index contributed by atoms with van der Waals surface area (Å²) in [5.74, 6) is 0. The van der Waals surface area contributed by atoms with Crippen LogP contribution in [0.5, 0.6) is 0 Å². The first-order chi connectivity index (χ1) is 7.95. The number of hydrogen-bond donors (Lipinski definition) is 0. The third-order valence-electron chi connectivity index (χ3n) is 4.89. The van der Waals surface area contributed by atoms with Crippen LogP contribution >= 0.6 is 0 Å². The van der Waals surface area contributed by atoms with Crippen molar-refractivity contribution in [1.82, 2.24) is 4.39 Å². The third-order valence-corrected chi connectivity index (χ3v) is 9.01. The van der Waals surface area contributed by atoms with E-state index < -0.39 is 8.24 Å². The molecule has 0 aromatic rings. The second kappa shape index (κ2) is 5.79. The minimum atomic E-state index is -1.33. The molecule has 96 valence electrons. The predicted octanol–water partition coefficient (Wildman–Crippen LogP) is 4.35. The van der Waals surface area contributed by atoms with Crippen molar-refractivity contribution in [3.8, 4) is 0 Å². The monoisotopic (exact) mass is 249 g/mol. The van der Waals surface area contributed by atoms with Crippen molar-refractivity contribution >= 4 is 21.9 Å². The molecule has 0 atom stereocenters. The van der Waals surface area contributed by atoms with Crippen LogP contribution in [0.1, 0.15) is 41.0 Å². The quantitative estimate of drug-likeness (QED) is 0.654. The van der Waals surface area contributed by atoms with Gasteiger partial charge in [-0.2, -0.15) is 0 Å². The van der Waals surface area contributed by atoms with E-state index in [9.17, 15) is 0 Å². The minimum absolute atomic E-state index is 0.742. The van der Waals surface area contributed by atoms with Crippen LogP contribution < -0.4 is 0 Å². The molecule has 0 fully saturated rings. The van der Waals surface area contributed by atoms with E-state index in [0.717, 1.165) is 13.7 Å². The molecule has 0 aliphatic carbocycles. The average Bonchev–Trinajstić information content (AvgIpc) is 2.50. The first kappa shape index (κ1) is 15.1. The molecule has 0 aromatic heterocycles. The molecular formula is C13H29B2NSi. The topological polar surface area (TPSA) is 3.24 Å². The van der Waals surface area contributed by atoms with Gasteiger partial charge in [0, 0.05) is 0 Å². The molecule has 1 heterocycles. The fourth-order valence-electron chi connectivity index (χ4n) is 3.73. The molecular weight excluding hydrogens is 220 g/mol. The minimum Gasteiger partial charge on any atom is -0.400 e. The van der Waals surface area contributed by atoms with Crippen LogP contribution in [-0.2, 0) is 0 Å². The fraction of sp³-hybridized carbons (Fsp3) is 0.846. The summed E-state index contributed by atoms with van der Waals surface area (Å²) >= 11 is 0. The lowest BCUT2D eigenvalue weighted by Crippen LogP contribution is -2.58. The summed E-state index contributed by atoms with van der Waals surface area (Å²) in [6.45, 7) is 18.4. The van der Waals surface area contributed by atoms with Crippen LogP contribution in [0.15, 0.2) is 10.7 Å². The van der Waals surface area contributed by atoms with Crippen LogP contribution in [0.2, 0.25) is 32.1 Å². The molecule has 0 aromatic carbocycles. The SMILES string of the molecule is CCB(CC)N1B(CC)C(CC)=C(C)[Si]1(C)C. The average molecular weight is 249 g/mol. The Hall–Kier alpha value is 0.0468. The zero-order valence-electron chi connectivity index (χ0n) is 12.9. The van der Waals surface area contributed by atoms with Gasteiger partial charge in [-0.05, 0) is 13.3 Å². The molecule has 0 unspecified atom stereocenters. The van der Waals surface area contributed by atoms with Crippen molar-refractivity contribution in [2.45, 2.75) is 73.1 Å². The lowest BCUT2D eigenvalue weighted by Gasteiger charge is -2.40. The van der Waals surface area contributed by atoms with Crippen LogP contribution in [0.3, 0.4) is 0 Å². The van der Waals surface area contributed by atoms with Gasteiger partial charge in [-0.15, -0.1) is 0 Å². The van der Waals surface area contributed by atoms with Crippen LogP contribution in [-0.4, -0.2) is 26.3 Å². The Morgan fingerprint density at radius 1 is 1.12 bits per heavy atom. The summed E-state index contributed by atoms with van der Waals surface area (Å²) in [6, 6.07) is 0. The van der Waals surface area contributed by atoms with Crippen molar-refractivity contribution in [2.75, 3.05) is 0 Å². The summed E-state index contributed by atoms with van der Waals surface area (Å²) in [6.07, 6.45) is 5.13. The lowest BCUT2D eigenvalue weighted by molar-refractivity contribution is 0.927. The van der Waals surface area contributed by atoms with Gasteiger partial charge < -0.3 is 4.39 Å². The van der Waals surface area contributed by atoms with Gasteiger partial charge in [0.2, 0.25) is 13.7 Å². The fourth-order valence-corrected chi connectivity index (χ4v) is 7.64. The molecule has 0 spiro atoms.